The summed E-state index contributed by atoms with van der Waals surface area (Å²) in [6.07, 6.45) is -2.92. The first-order chi connectivity index (χ1) is 10.9. The SMILES string of the molecule is O=C(c1ccco1)N1CCN(c2cccc(C(F)(F)F)c2)CC1. The maximum absolute atomic E-state index is 12.8. The van der Waals surface area contributed by atoms with Gasteiger partial charge in [0.15, 0.2) is 5.76 Å². The maximum atomic E-state index is 12.8. The van der Waals surface area contributed by atoms with Crippen LogP contribution in [0.3, 0.4) is 0 Å². The number of rotatable bonds is 2. The van der Waals surface area contributed by atoms with Crippen molar-refractivity contribution in [2.45, 2.75) is 6.18 Å². The predicted molar refractivity (Wildman–Crippen MR) is 78.3 cm³/mol. The van der Waals surface area contributed by atoms with E-state index in [0.717, 1.165) is 12.1 Å². The molecule has 0 bridgehead atoms. The third kappa shape index (κ3) is 3.33. The molecule has 2 heterocycles. The van der Waals surface area contributed by atoms with Crippen LogP contribution in [0.15, 0.2) is 47.1 Å². The zero-order chi connectivity index (χ0) is 16.4. The number of hydrogen-bond acceptors (Lipinski definition) is 3. The molecule has 7 heteroatoms. The number of carbonyl (C=O) groups is 1. The van der Waals surface area contributed by atoms with Crippen molar-refractivity contribution in [1.29, 1.82) is 0 Å². The van der Waals surface area contributed by atoms with Gasteiger partial charge >= 0.3 is 6.18 Å². The Hall–Kier alpha value is -2.44. The van der Waals surface area contributed by atoms with Gasteiger partial charge in [0.2, 0.25) is 0 Å². The number of benzene rings is 1. The van der Waals surface area contributed by atoms with Crippen molar-refractivity contribution in [3.8, 4) is 0 Å². The van der Waals surface area contributed by atoms with Gasteiger partial charge in [-0.3, -0.25) is 4.79 Å². The molecule has 0 atom stereocenters. The van der Waals surface area contributed by atoms with Crippen molar-refractivity contribution >= 4 is 11.6 Å². The number of amides is 1. The molecule has 1 aromatic heterocycles. The molecule has 0 unspecified atom stereocenters. The van der Waals surface area contributed by atoms with Crippen LogP contribution in [0, 0.1) is 0 Å². The van der Waals surface area contributed by atoms with Crippen molar-refractivity contribution in [2.24, 2.45) is 0 Å². The van der Waals surface area contributed by atoms with Crippen LogP contribution in [0.25, 0.3) is 0 Å². The molecule has 2 aromatic rings. The van der Waals surface area contributed by atoms with Gasteiger partial charge in [0.05, 0.1) is 11.8 Å². The lowest BCUT2D eigenvalue weighted by Gasteiger charge is -2.36. The Balaban J connectivity index is 1.66. The van der Waals surface area contributed by atoms with E-state index >= 15 is 0 Å². The van der Waals surface area contributed by atoms with Gasteiger partial charge in [0.25, 0.3) is 5.91 Å². The molecule has 1 saturated heterocycles. The first kappa shape index (κ1) is 15.5. The lowest BCUT2D eigenvalue weighted by atomic mass is 10.1. The van der Waals surface area contributed by atoms with Gasteiger partial charge in [-0.25, -0.2) is 0 Å². The van der Waals surface area contributed by atoms with Crippen LogP contribution in [-0.4, -0.2) is 37.0 Å². The topological polar surface area (TPSA) is 36.7 Å². The summed E-state index contributed by atoms with van der Waals surface area (Å²) >= 11 is 0. The Kier molecular flexibility index (Phi) is 4.02. The van der Waals surface area contributed by atoms with E-state index in [-0.39, 0.29) is 11.7 Å². The van der Waals surface area contributed by atoms with Gasteiger partial charge in [0, 0.05) is 31.9 Å². The quantitative estimate of drug-likeness (QED) is 0.851. The van der Waals surface area contributed by atoms with Crippen molar-refractivity contribution in [3.05, 3.63) is 54.0 Å². The van der Waals surface area contributed by atoms with Crippen LogP contribution in [0.2, 0.25) is 0 Å². The van der Waals surface area contributed by atoms with Gasteiger partial charge in [-0.05, 0) is 30.3 Å². The average Bonchev–Trinajstić information content (AvgIpc) is 3.08. The number of alkyl halides is 3. The minimum absolute atomic E-state index is 0.196. The monoisotopic (exact) mass is 324 g/mol. The van der Waals surface area contributed by atoms with E-state index < -0.39 is 11.7 Å². The van der Waals surface area contributed by atoms with E-state index in [1.165, 1.54) is 12.3 Å². The van der Waals surface area contributed by atoms with E-state index in [9.17, 15) is 18.0 Å². The lowest BCUT2D eigenvalue weighted by Crippen LogP contribution is -2.48. The summed E-state index contributed by atoms with van der Waals surface area (Å²) in [7, 11) is 0. The van der Waals surface area contributed by atoms with Gasteiger partial charge in [-0.2, -0.15) is 13.2 Å². The zero-order valence-electron chi connectivity index (χ0n) is 12.2. The van der Waals surface area contributed by atoms with Gasteiger partial charge in [-0.15, -0.1) is 0 Å². The Morgan fingerprint density at radius 2 is 1.78 bits per heavy atom. The van der Waals surface area contributed by atoms with Crippen LogP contribution in [0.5, 0.6) is 0 Å². The summed E-state index contributed by atoms with van der Waals surface area (Å²) in [5, 5.41) is 0. The van der Waals surface area contributed by atoms with Gasteiger partial charge in [-0.1, -0.05) is 6.07 Å². The Morgan fingerprint density at radius 1 is 1.04 bits per heavy atom. The second-order valence-corrected chi connectivity index (χ2v) is 5.30. The minimum atomic E-state index is -4.35. The summed E-state index contributed by atoms with van der Waals surface area (Å²) < 4.78 is 43.4. The molecule has 23 heavy (non-hydrogen) atoms. The van der Waals surface area contributed by atoms with Crippen molar-refractivity contribution < 1.29 is 22.4 Å². The summed E-state index contributed by atoms with van der Waals surface area (Å²) in [6.45, 7) is 1.84. The smallest absolute Gasteiger partial charge is 0.416 e. The van der Waals surface area contributed by atoms with E-state index in [2.05, 4.69) is 0 Å². The predicted octanol–water partition coefficient (Wildman–Crippen LogP) is 3.26. The number of carbonyl (C=O) groups excluding carboxylic acids is 1. The standard InChI is InChI=1S/C16H15F3N2O2/c17-16(18,19)12-3-1-4-13(11-12)20-6-8-21(9-7-20)15(22)14-5-2-10-23-14/h1-5,10-11H,6-9H2. The number of halogens is 3. The van der Waals surface area contributed by atoms with E-state index in [1.807, 2.05) is 4.90 Å². The highest BCUT2D eigenvalue weighted by molar-refractivity contribution is 5.91. The molecule has 122 valence electrons. The fourth-order valence-corrected chi connectivity index (χ4v) is 2.60. The van der Waals surface area contributed by atoms with E-state index in [0.29, 0.717) is 31.9 Å². The van der Waals surface area contributed by atoms with Gasteiger partial charge < -0.3 is 14.2 Å². The van der Waals surface area contributed by atoms with Gasteiger partial charge in [0.1, 0.15) is 0 Å². The second kappa shape index (κ2) is 5.98. The summed E-state index contributed by atoms with van der Waals surface area (Å²) in [5.41, 5.74) is -0.144. The molecule has 0 saturated carbocycles. The molecule has 0 N–H and O–H groups in total. The van der Waals surface area contributed by atoms with Crippen molar-refractivity contribution in [2.75, 3.05) is 31.1 Å². The largest absolute Gasteiger partial charge is 0.459 e. The fraction of sp³-hybridized carbons (Fsp3) is 0.312. The first-order valence-corrected chi connectivity index (χ1v) is 7.20. The van der Waals surface area contributed by atoms with Crippen LogP contribution >= 0.6 is 0 Å². The molecule has 1 aliphatic heterocycles. The highest BCUT2D eigenvalue weighted by atomic mass is 19.4. The first-order valence-electron chi connectivity index (χ1n) is 7.20. The molecule has 0 aliphatic carbocycles. The molecule has 1 amide bonds. The van der Waals surface area contributed by atoms with Crippen LogP contribution < -0.4 is 4.90 Å². The highest BCUT2D eigenvalue weighted by Gasteiger charge is 2.31. The third-order valence-electron chi connectivity index (χ3n) is 3.84. The number of furan rings is 1. The molecule has 0 radical (unpaired) electrons. The summed E-state index contributed by atoms with van der Waals surface area (Å²) in [4.78, 5) is 15.6. The van der Waals surface area contributed by atoms with Crippen LogP contribution in [0.4, 0.5) is 18.9 Å². The van der Waals surface area contributed by atoms with Crippen LogP contribution in [-0.2, 0) is 6.18 Å². The van der Waals surface area contributed by atoms with E-state index in [4.69, 9.17) is 4.42 Å². The molecular formula is C16H15F3N2O2. The molecule has 0 spiro atoms. The maximum Gasteiger partial charge on any atom is 0.416 e. The lowest BCUT2D eigenvalue weighted by molar-refractivity contribution is -0.137. The minimum Gasteiger partial charge on any atom is -0.459 e. The molecule has 1 fully saturated rings. The number of nitrogens with zero attached hydrogens (tertiary/aromatic N) is 2. The fourth-order valence-electron chi connectivity index (χ4n) is 2.60. The molecule has 3 rings (SSSR count). The molecule has 1 aliphatic rings. The Labute approximate surface area is 131 Å². The van der Waals surface area contributed by atoms with Crippen LogP contribution in [0.1, 0.15) is 16.1 Å². The zero-order valence-corrected chi connectivity index (χ0v) is 12.2. The second-order valence-electron chi connectivity index (χ2n) is 5.30. The van der Waals surface area contributed by atoms with Crippen molar-refractivity contribution in [3.63, 3.8) is 0 Å². The summed E-state index contributed by atoms with van der Waals surface area (Å²) in [5.74, 6) is 0.0798. The Morgan fingerprint density at radius 3 is 2.39 bits per heavy atom. The third-order valence-corrected chi connectivity index (χ3v) is 3.84. The normalized spacial score (nSPS) is 15.8. The molecule has 1 aromatic carbocycles. The van der Waals surface area contributed by atoms with Crippen molar-refractivity contribution in [1.82, 2.24) is 4.90 Å². The number of anilines is 1. The number of piperazine rings is 1. The highest BCUT2D eigenvalue weighted by Crippen LogP contribution is 2.31. The molecular weight excluding hydrogens is 309 g/mol. The Bertz CT molecular complexity index is 675. The molecule has 4 nitrogen and oxygen atoms in total. The summed E-state index contributed by atoms with van der Waals surface area (Å²) in [6, 6.07) is 8.50. The number of hydrogen-bond donors (Lipinski definition) is 0. The van der Waals surface area contributed by atoms with E-state index in [1.54, 1.807) is 23.1 Å². The average molecular weight is 324 g/mol.